The minimum absolute atomic E-state index is 0.0670. The summed E-state index contributed by atoms with van der Waals surface area (Å²) in [5, 5.41) is 3.10. The normalized spacial score (nSPS) is 17.9. The van der Waals surface area contributed by atoms with Gasteiger partial charge in [0.05, 0.1) is 12.7 Å². The first-order chi connectivity index (χ1) is 12.3. The molecule has 0 spiro atoms. The van der Waals surface area contributed by atoms with E-state index in [1.807, 2.05) is 24.3 Å². The Balaban J connectivity index is 1.61. The number of amides is 1. The second kappa shape index (κ2) is 8.67. The Morgan fingerprint density at radius 1 is 1.12 bits per heavy atom. The van der Waals surface area contributed by atoms with Crippen LogP contribution in [0.5, 0.6) is 5.75 Å². The second-order valence-corrected chi connectivity index (χ2v) is 6.52. The molecule has 2 aromatic rings. The second-order valence-electron chi connectivity index (χ2n) is 6.52. The molecule has 1 amide bonds. The van der Waals surface area contributed by atoms with Gasteiger partial charge in [-0.3, -0.25) is 9.69 Å². The van der Waals surface area contributed by atoms with Crippen LogP contribution in [0.15, 0.2) is 54.6 Å². The van der Waals surface area contributed by atoms with E-state index < -0.39 is 0 Å². The lowest BCUT2D eigenvalue weighted by atomic mass is 10.0. The first-order valence-electron chi connectivity index (χ1n) is 8.97. The number of nitrogens with one attached hydrogen (secondary N) is 1. The van der Waals surface area contributed by atoms with Gasteiger partial charge in [0.25, 0.3) is 5.91 Å². The fourth-order valence-electron chi connectivity index (χ4n) is 3.46. The van der Waals surface area contributed by atoms with Gasteiger partial charge < -0.3 is 10.1 Å². The lowest BCUT2D eigenvalue weighted by Gasteiger charge is -2.36. The van der Waals surface area contributed by atoms with Crippen molar-refractivity contribution in [3.05, 3.63) is 65.7 Å². The van der Waals surface area contributed by atoms with Gasteiger partial charge in [-0.25, -0.2) is 0 Å². The minimum atomic E-state index is -0.0670. The van der Waals surface area contributed by atoms with Gasteiger partial charge in [0, 0.05) is 19.1 Å². The van der Waals surface area contributed by atoms with Crippen molar-refractivity contribution >= 4 is 5.91 Å². The van der Waals surface area contributed by atoms with Crippen LogP contribution in [0.2, 0.25) is 0 Å². The predicted octanol–water partition coefficient (Wildman–Crippen LogP) is 3.48. The summed E-state index contributed by atoms with van der Waals surface area (Å²) in [6.07, 6.45) is 3.57. The summed E-state index contributed by atoms with van der Waals surface area (Å²) in [6.45, 7) is 2.70. The van der Waals surface area contributed by atoms with Gasteiger partial charge in [-0.2, -0.15) is 0 Å². The Kier molecular flexibility index (Phi) is 6.07. The van der Waals surface area contributed by atoms with Crippen LogP contribution in [0.3, 0.4) is 0 Å². The van der Waals surface area contributed by atoms with Gasteiger partial charge in [-0.05, 0) is 37.1 Å². The van der Waals surface area contributed by atoms with Gasteiger partial charge in [0.1, 0.15) is 5.75 Å². The minimum Gasteiger partial charge on any atom is -0.496 e. The summed E-state index contributed by atoms with van der Waals surface area (Å²) in [6, 6.07) is 18.3. The molecule has 1 atom stereocenters. The molecule has 4 nitrogen and oxygen atoms in total. The zero-order valence-corrected chi connectivity index (χ0v) is 14.8. The van der Waals surface area contributed by atoms with E-state index in [4.69, 9.17) is 4.74 Å². The first kappa shape index (κ1) is 17.5. The number of methoxy groups -OCH3 is 1. The lowest BCUT2D eigenvalue weighted by Crippen LogP contribution is -2.46. The third-order valence-electron chi connectivity index (χ3n) is 4.83. The molecule has 1 N–H and O–H groups in total. The molecule has 3 rings (SSSR count). The lowest BCUT2D eigenvalue weighted by molar-refractivity contribution is 0.0905. The topological polar surface area (TPSA) is 41.6 Å². The number of likely N-dealkylation sites (tertiary alicyclic amines) is 1. The number of hydrogen-bond donors (Lipinski definition) is 1. The number of para-hydroxylation sites is 1. The van der Waals surface area contributed by atoms with Crippen molar-refractivity contribution in [2.75, 3.05) is 20.2 Å². The van der Waals surface area contributed by atoms with Gasteiger partial charge in [-0.1, -0.05) is 48.9 Å². The molecule has 25 heavy (non-hydrogen) atoms. The molecular formula is C21H26N2O2. The average molecular weight is 338 g/mol. The van der Waals surface area contributed by atoms with Crippen LogP contribution in [0.25, 0.3) is 0 Å². The Labute approximate surface area is 149 Å². The average Bonchev–Trinajstić information content (AvgIpc) is 2.68. The van der Waals surface area contributed by atoms with Crippen molar-refractivity contribution in [1.29, 1.82) is 0 Å². The molecular weight excluding hydrogens is 312 g/mol. The smallest absolute Gasteiger partial charge is 0.255 e. The van der Waals surface area contributed by atoms with Crippen molar-refractivity contribution < 1.29 is 9.53 Å². The van der Waals surface area contributed by atoms with Crippen molar-refractivity contribution in [1.82, 2.24) is 10.2 Å². The van der Waals surface area contributed by atoms with Crippen molar-refractivity contribution in [2.24, 2.45) is 0 Å². The summed E-state index contributed by atoms with van der Waals surface area (Å²) in [4.78, 5) is 15.0. The Bertz CT molecular complexity index is 687. The summed E-state index contributed by atoms with van der Waals surface area (Å²) < 4.78 is 5.29. The van der Waals surface area contributed by atoms with E-state index in [2.05, 4.69) is 34.5 Å². The van der Waals surface area contributed by atoms with Crippen molar-refractivity contribution in [2.45, 2.75) is 31.8 Å². The third kappa shape index (κ3) is 4.60. The summed E-state index contributed by atoms with van der Waals surface area (Å²) in [7, 11) is 1.59. The van der Waals surface area contributed by atoms with Crippen LogP contribution in [0, 0.1) is 0 Å². The van der Waals surface area contributed by atoms with E-state index in [1.54, 1.807) is 13.2 Å². The molecule has 1 saturated heterocycles. The Morgan fingerprint density at radius 2 is 1.88 bits per heavy atom. The molecule has 0 aromatic heterocycles. The van der Waals surface area contributed by atoms with Crippen molar-refractivity contribution in [3.8, 4) is 5.75 Å². The van der Waals surface area contributed by atoms with Crippen LogP contribution in [0.4, 0.5) is 0 Å². The highest BCUT2D eigenvalue weighted by atomic mass is 16.5. The number of nitrogens with zero attached hydrogens (tertiary/aromatic N) is 1. The Morgan fingerprint density at radius 3 is 2.68 bits per heavy atom. The molecule has 1 heterocycles. The maximum absolute atomic E-state index is 12.5. The van der Waals surface area contributed by atoms with Crippen LogP contribution >= 0.6 is 0 Å². The van der Waals surface area contributed by atoms with E-state index in [1.165, 1.54) is 18.4 Å². The van der Waals surface area contributed by atoms with E-state index in [-0.39, 0.29) is 5.91 Å². The van der Waals surface area contributed by atoms with Crippen LogP contribution in [-0.4, -0.2) is 37.0 Å². The highest BCUT2D eigenvalue weighted by Gasteiger charge is 2.23. The van der Waals surface area contributed by atoms with Gasteiger partial charge in [-0.15, -0.1) is 0 Å². The molecule has 0 aliphatic carbocycles. The van der Waals surface area contributed by atoms with E-state index in [9.17, 15) is 4.79 Å². The number of carbonyl (C=O) groups is 1. The zero-order chi connectivity index (χ0) is 17.5. The molecule has 0 saturated carbocycles. The summed E-state index contributed by atoms with van der Waals surface area (Å²) >= 11 is 0. The molecule has 0 bridgehead atoms. The van der Waals surface area contributed by atoms with Crippen molar-refractivity contribution in [3.63, 3.8) is 0 Å². The maximum Gasteiger partial charge on any atom is 0.255 e. The molecule has 0 radical (unpaired) electrons. The van der Waals surface area contributed by atoms with Crippen LogP contribution < -0.4 is 10.1 Å². The summed E-state index contributed by atoms with van der Waals surface area (Å²) in [5.41, 5.74) is 1.92. The number of rotatable bonds is 6. The van der Waals surface area contributed by atoms with E-state index >= 15 is 0 Å². The number of hydrogen-bond acceptors (Lipinski definition) is 3. The van der Waals surface area contributed by atoms with Crippen LogP contribution in [0.1, 0.15) is 35.2 Å². The monoisotopic (exact) mass is 338 g/mol. The molecule has 132 valence electrons. The highest BCUT2D eigenvalue weighted by molar-refractivity contribution is 5.96. The predicted molar refractivity (Wildman–Crippen MR) is 99.8 cm³/mol. The molecule has 1 fully saturated rings. The third-order valence-corrected chi connectivity index (χ3v) is 4.83. The zero-order valence-electron chi connectivity index (χ0n) is 14.8. The number of ether oxygens (including phenoxy) is 1. The quantitative estimate of drug-likeness (QED) is 0.877. The van der Waals surface area contributed by atoms with E-state index in [0.717, 1.165) is 19.5 Å². The molecule has 0 unspecified atom stereocenters. The molecule has 1 aliphatic heterocycles. The van der Waals surface area contributed by atoms with Gasteiger partial charge in [0.2, 0.25) is 0 Å². The molecule has 1 aliphatic rings. The molecule has 4 heteroatoms. The number of benzene rings is 2. The van der Waals surface area contributed by atoms with E-state index in [0.29, 0.717) is 23.9 Å². The number of carbonyl (C=O) groups excluding carboxylic acids is 1. The molecule has 2 aromatic carbocycles. The summed E-state index contributed by atoms with van der Waals surface area (Å²) in [5.74, 6) is 0.549. The standard InChI is InChI=1S/C21H26N2O2/c1-25-20-13-6-5-12-19(20)21(24)22-15-18-11-7-8-14-23(18)16-17-9-3-2-4-10-17/h2-6,9-10,12-13,18H,7-8,11,14-16H2,1H3,(H,22,24)/t18-/m0/s1. The van der Waals surface area contributed by atoms with Crippen LogP contribution in [-0.2, 0) is 6.54 Å². The fourth-order valence-corrected chi connectivity index (χ4v) is 3.46. The largest absolute Gasteiger partial charge is 0.496 e. The van der Waals surface area contributed by atoms with Gasteiger partial charge >= 0.3 is 0 Å². The number of piperidine rings is 1. The maximum atomic E-state index is 12.5. The highest BCUT2D eigenvalue weighted by Crippen LogP contribution is 2.20. The van der Waals surface area contributed by atoms with Gasteiger partial charge in [0.15, 0.2) is 0 Å². The fraction of sp³-hybridized carbons (Fsp3) is 0.381. The Hall–Kier alpha value is -2.33. The first-order valence-corrected chi connectivity index (χ1v) is 8.97. The SMILES string of the molecule is COc1ccccc1C(=O)NC[C@@H]1CCCCN1Cc1ccccc1.